The first-order valence-corrected chi connectivity index (χ1v) is 11.4. The van der Waals surface area contributed by atoms with Crippen LogP contribution in [-0.4, -0.2) is 19.6 Å². The Hall–Kier alpha value is -2.97. The topological polar surface area (TPSA) is 71.3 Å². The number of nitrogens with one attached hydrogen (secondary N) is 1. The molecule has 2 rings (SSSR count). The number of rotatable bonds is 12. The zero-order valence-electron chi connectivity index (χ0n) is 19.0. The summed E-state index contributed by atoms with van der Waals surface area (Å²) in [6.07, 6.45) is 8.49. The maximum atomic E-state index is 12.5. The number of hydrogen-bond acceptors (Lipinski definition) is 4. The Bertz CT molecular complexity index is 980. The number of anilines is 1. The summed E-state index contributed by atoms with van der Waals surface area (Å²) in [6.45, 7) is 4.69. The van der Waals surface area contributed by atoms with E-state index in [1.807, 2.05) is 31.2 Å². The second-order valence-electron chi connectivity index (χ2n) is 7.64. The van der Waals surface area contributed by atoms with E-state index in [2.05, 4.69) is 12.2 Å². The zero-order valence-corrected chi connectivity index (χ0v) is 19.8. The third-order valence-corrected chi connectivity index (χ3v) is 5.23. The van der Waals surface area contributed by atoms with Gasteiger partial charge in [0.05, 0.1) is 18.7 Å². The molecule has 170 valence electrons. The van der Waals surface area contributed by atoms with Gasteiger partial charge in [0.25, 0.3) is 5.91 Å². The van der Waals surface area contributed by atoms with Gasteiger partial charge in [-0.25, -0.2) is 0 Å². The third kappa shape index (κ3) is 7.94. The Labute approximate surface area is 196 Å². The Morgan fingerprint density at radius 3 is 2.59 bits per heavy atom. The molecular formula is C26H31ClN2O3. The van der Waals surface area contributed by atoms with Crippen molar-refractivity contribution in [2.75, 3.05) is 19.0 Å². The summed E-state index contributed by atoms with van der Waals surface area (Å²) >= 11 is 6.43. The van der Waals surface area contributed by atoms with Crippen molar-refractivity contribution in [2.24, 2.45) is 0 Å². The summed E-state index contributed by atoms with van der Waals surface area (Å²) in [4.78, 5) is 12.5. The van der Waals surface area contributed by atoms with Gasteiger partial charge in [0, 0.05) is 5.69 Å². The fraction of sp³-hybridized carbons (Fsp3) is 0.385. The van der Waals surface area contributed by atoms with Gasteiger partial charge in [-0.1, -0.05) is 62.8 Å². The molecule has 32 heavy (non-hydrogen) atoms. The number of methoxy groups -OCH3 is 1. The third-order valence-electron chi connectivity index (χ3n) is 4.95. The van der Waals surface area contributed by atoms with E-state index in [1.54, 1.807) is 18.2 Å². The number of benzene rings is 2. The highest BCUT2D eigenvalue weighted by atomic mass is 35.5. The van der Waals surface area contributed by atoms with Gasteiger partial charge in [-0.05, 0) is 54.8 Å². The van der Waals surface area contributed by atoms with Gasteiger partial charge in [0.15, 0.2) is 11.5 Å². The molecule has 0 bridgehead atoms. The average Bonchev–Trinajstić information content (AvgIpc) is 2.77. The van der Waals surface area contributed by atoms with Crippen LogP contribution in [0.1, 0.15) is 56.6 Å². The number of nitrogens with zero attached hydrogens (tertiary/aromatic N) is 1. The number of halogens is 1. The molecule has 0 unspecified atom stereocenters. The SMILES string of the molecule is CCCCCCCCOc1c(Cl)cc(C=C(C#N)C(=O)Nc2cccc(C)c2)cc1OC. The predicted octanol–water partition coefficient (Wildman–Crippen LogP) is 6.94. The van der Waals surface area contributed by atoms with Gasteiger partial charge in [0.1, 0.15) is 11.6 Å². The highest BCUT2D eigenvalue weighted by molar-refractivity contribution is 6.32. The molecule has 0 saturated heterocycles. The van der Waals surface area contributed by atoms with Crippen LogP contribution in [0.15, 0.2) is 42.0 Å². The largest absolute Gasteiger partial charge is 0.493 e. The Kier molecular flexibility index (Phi) is 10.6. The Balaban J connectivity index is 2.08. The quantitative estimate of drug-likeness (QED) is 0.214. The van der Waals surface area contributed by atoms with Crippen LogP contribution >= 0.6 is 11.6 Å². The van der Waals surface area contributed by atoms with Gasteiger partial charge in [-0.15, -0.1) is 0 Å². The molecule has 0 atom stereocenters. The number of unbranched alkanes of at least 4 members (excludes halogenated alkanes) is 5. The van der Waals surface area contributed by atoms with Crippen molar-refractivity contribution in [1.29, 1.82) is 5.26 Å². The van der Waals surface area contributed by atoms with Crippen molar-refractivity contribution in [1.82, 2.24) is 0 Å². The van der Waals surface area contributed by atoms with E-state index in [9.17, 15) is 10.1 Å². The molecule has 5 nitrogen and oxygen atoms in total. The molecule has 1 N–H and O–H groups in total. The van der Waals surface area contributed by atoms with E-state index < -0.39 is 5.91 Å². The normalized spacial score (nSPS) is 11.0. The Morgan fingerprint density at radius 1 is 1.16 bits per heavy atom. The van der Waals surface area contributed by atoms with Crippen molar-refractivity contribution >= 4 is 29.3 Å². The maximum Gasteiger partial charge on any atom is 0.266 e. The number of nitriles is 1. The maximum absolute atomic E-state index is 12.5. The smallest absolute Gasteiger partial charge is 0.266 e. The van der Waals surface area contributed by atoms with Gasteiger partial charge in [0.2, 0.25) is 0 Å². The minimum absolute atomic E-state index is 0.0367. The first-order valence-electron chi connectivity index (χ1n) is 11.0. The monoisotopic (exact) mass is 454 g/mol. The molecule has 6 heteroatoms. The molecule has 0 aliphatic carbocycles. The highest BCUT2D eigenvalue weighted by Crippen LogP contribution is 2.37. The molecule has 2 aromatic carbocycles. The second kappa shape index (κ2) is 13.4. The van der Waals surface area contributed by atoms with Gasteiger partial charge < -0.3 is 14.8 Å². The molecule has 0 aromatic heterocycles. The van der Waals surface area contributed by atoms with E-state index in [0.29, 0.717) is 34.4 Å². The molecule has 2 aromatic rings. The van der Waals surface area contributed by atoms with Crippen molar-refractivity contribution in [3.63, 3.8) is 0 Å². The van der Waals surface area contributed by atoms with Crippen molar-refractivity contribution in [2.45, 2.75) is 52.4 Å². The highest BCUT2D eigenvalue weighted by Gasteiger charge is 2.14. The number of carbonyl (C=O) groups is 1. The first-order chi connectivity index (χ1) is 15.5. The van der Waals surface area contributed by atoms with Crippen molar-refractivity contribution < 1.29 is 14.3 Å². The van der Waals surface area contributed by atoms with Crippen LogP contribution in [0.2, 0.25) is 5.02 Å². The summed E-state index contributed by atoms with van der Waals surface area (Å²) < 4.78 is 11.3. The van der Waals surface area contributed by atoms with Crippen LogP contribution in [0, 0.1) is 18.3 Å². The van der Waals surface area contributed by atoms with Crippen LogP contribution in [0.3, 0.4) is 0 Å². The molecule has 0 saturated carbocycles. The van der Waals surface area contributed by atoms with E-state index in [4.69, 9.17) is 21.1 Å². The fourth-order valence-electron chi connectivity index (χ4n) is 3.26. The number of ether oxygens (including phenoxy) is 2. The van der Waals surface area contributed by atoms with Crippen molar-refractivity contribution in [3.05, 3.63) is 58.1 Å². The molecule has 0 radical (unpaired) electrons. The number of carbonyl (C=O) groups excluding carboxylic acids is 1. The number of amides is 1. The standard InChI is InChI=1S/C26H31ClN2O3/c1-4-5-6-7-8-9-13-32-25-23(27)16-20(17-24(25)31-3)15-21(18-28)26(30)29-22-12-10-11-19(2)14-22/h10-12,14-17H,4-9,13H2,1-3H3,(H,29,30). The van der Waals surface area contributed by atoms with Gasteiger partial charge in [-0.2, -0.15) is 5.26 Å². The second-order valence-corrected chi connectivity index (χ2v) is 8.05. The minimum Gasteiger partial charge on any atom is -0.493 e. The molecule has 0 fully saturated rings. The lowest BCUT2D eigenvalue weighted by molar-refractivity contribution is -0.112. The predicted molar refractivity (Wildman–Crippen MR) is 130 cm³/mol. The first kappa shape index (κ1) is 25.3. The summed E-state index contributed by atoms with van der Waals surface area (Å²) in [6, 6.07) is 12.7. The van der Waals surface area contributed by atoms with Crippen LogP contribution < -0.4 is 14.8 Å². The lowest BCUT2D eigenvalue weighted by Gasteiger charge is -2.13. The molecule has 0 spiro atoms. The molecule has 0 aliphatic rings. The van der Waals surface area contributed by atoms with Gasteiger partial charge in [-0.3, -0.25) is 4.79 Å². The summed E-state index contributed by atoms with van der Waals surface area (Å²) in [7, 11) is 1.53. The van der Waals surface area contributed by atoms with Gasteiger partial charge >= 0.3 is 0 Å². The molecule has 0 aliphatic heterocycles. The van der Waals surface area contributed by atoms with E-state index in [0.717, 1.165) is 18.4 Å². The van der Waals surface area contributed by atoms with E-state index >= 15 is 0 Å². The van der Waals surface area contributed by atoms with Crippen LogP contribution in [0.5, 0.6) is 11.5 Å². The lowest BCUT2D eigenvalue weighted by atomic mass is 10.1. The lowest BCUT2D eigenvalue weighted by Crippen LogP contribution is -2.13. The van der Waals surface area contributed by atoms with Crippen LogP contribution in [-0.2, 0) is 4.79 Å². The fourth-order valence-corrected chi connectivity index (χ4v) is 3.53. The summed E-state index contributed by atoms with van der Waals surface area (Å²) in [5.41, 5.74) is 2.18. The Morgan fingerprint density at radius 2 is 1.91 bits per heavy atom. The summed E-state index contributed by atoms with van der Waals surface area (Å²) in [5.74, 6) is 0.449. The summed E-state index contributed by atoms with van der Waals surface area (Å²) in [5, 5.41) is 12.6. The van der Waals surface area contributed by atoms with E-state index in [1.165, 1.54) is 38.9 Å². The van der Waals surface area contributed by atoms with Crippen LogP contribution in [0.25, 0.3) is 6.08 Å². The zero-order chi connectivity index (χ0) is 23.3. The number of hydrogen-bond donors (Lipinski definition) is 1. The minimum atomic E-state index is -0.489. The average molecular weight is 455 g/mol. The number of aryl methyl sites for hydroxylation is 1. The molecule has 1 amide bonds. The van der Waals surface area contributed by atoms with Crippen LogP contribution in [0.4, 0.5) is 5.69 Å². The van der Waals surface area contributed by atoms with E-state index in [-0.39, 0.29) is 5.57 Å². The molecule has 0 heterocycles. The molecular weight excluding hydrogens is 424 g/mol. The van der Waals surface area contributed by atoms with Crippen molar-refractivity contribution in [3.8, 4) is 17.6 Å².